The Hall–Kier alpha value is -1.02. The average Bonchev–Trinajstić information content (AvgIpc) is 2.23. The maximum Gasteiger partial charge on any atom is 0.220 e. The van der Waals surface area contributed by atoms with Crippen molar-refractivity contribution in [1.82, 2.24) is 5.32 Å². The number of carbonyl (C=O) groups is 1. The van der Waals surface area contributed by atoms with E-state index in [-0.39, 0.29) is 17.2 Å². The van der Waals surface area contributed by atoms with Crippen molar-refractivity contribution in [3.05, 3.63) is 34.9 Å². The number of halogens is 1. The molecule has 1 aromatic carbocycles. The molecule has 0 radical (unpaired) electrons. The van der Waals surface area contributed by atoms with Gasteiger partial charge in [-0.25, -0.2) is 0 Å². The zero-order chi connectivity index (χ0) is 13.1. The minimum absolute atomic E-state index is 0.0250. The van der Waals surface area contributed by atoms with Gasteiger partial charge in [0.15, 0.2) is 0 Å². The lowest BCUT2D eigenvalue weighted by Gasteiger charge is -2.30. The van der Waals surface area contributed by atoms with Crippen molar-refractivity contribution < 1.29 is 4.79 Å². The topological polar surface area (TPSA) is 29.1 Å². The Kier molecular flexibility index (Phi) is 4.58. The summed E-state index contributed by atoms with van der Waals surface area (Å²) in [5.41, 5.74) is 1.14. The predicted octanol–water partition coefficient (Wildman–Crippen LogP) is 3.61. The highest BCUT2D eigenvalue weighted by Crippen LogP contribution is 2.38. The lowest BCUT2D eigenvalue weighted by Crippen LogP contribution is -2.27. The molecule has 0 saturated carbocycles. The molecule has 2 nitrogen and oxygen atoms in total. The fourth-order valence-electron chi connectivity index (χ4n) is 1.93. The molecule has 17 heavy (non-hydrogen) atoms. The van der Waals surface area contributed by atoms with E-state index in [0.717, 1.165) is 5.56 Å². The second-order valence-corrected chi connectivity index (χ2v) is 5.79. The maximum atomic E-state index is 11.6. The zero-order valence-corrected chi connectivity index (χ0v) is 11.6. The highest BCUT2D eigenvalue weighted by molar-refractivity contribution is 6.30. The van der Waals surface area contributed by atoms with Crippen molar-refractivity contribution in [2.45, 2.75) is 33.1 Å². The fraction of sp³-hybridized carbons (Fsp3) is 0.500. The van der Waals surface area contributed by atoms with E-state index in [2.05, 4.69) is 26.1 Å². The molecular weight excluding hydrogens is 234 g/mol. The van der Waals surface area contributed by atoms with E-state index in [1.165, 1.54) is 0 Å². The van der Waals surface area contributed by atoms with E-state index in [1.807, 2.05) is 24.3 Å². The van der Waals surface area contributed by atoms with Gasteiger partial charge in [-0.1, -0.05) is 44.5 Å². The maximum absolute atomic E-state index is 11.6. The molecule has 94 valence electrons. The van der Waals surface area contributed by atoms with Crippen LogP contribution in [-0.4, -0.2) is 13.0 Å². The van der Waals surface area contributed by atoms with Crippen LogP contribution in [0.1, 0.15) is 38.7 Å². The minimum atomic E-state index is 0.0250. The molecule has 1 aromatic rings. The number of nitrogens with one attached hydrogen (secondary N) is 1. The van der Waals surface area contributed by atoms with Gasteiger partial charge in [0.2, 0.25) is 5.91 Å². The molecule has 1 N–H and O–H groups in total. The second-order valence-electron chi connectivity index (χ2n) is 5.35. The van der Waals surface area contributed by atoms with E-state index >= 15 is 0 Å². The average molecular weight is 254 g/mol. The summed E-state index contributed by atoms with van der Waals surface area (Å²) in [5, 5.41) is 3.40. The third-order valence-corrected chi connectivity index (χ3v) is 3.20. The Morgan fingerprint density at radius 3 is 2.53 bits per heavy atom. The normalized spacial score (nSPS) is 13.2. The molecule has 0 heterocycles. The Balaban J connectivity index is 3.02. The van der Waals surface area contributed by atoms with Crippen LogP contribution in [0.25, 0.3) is 0 Å². The van der Waals surface area contributed by atoms with Crippen LogP contribution in [0.4, 0.5) is 0 Å². The highest BCUT2D eigenvalue weighted by atomic mass is 35.5. The smallest absolute Gasteiger partial charge is 0.220 e. The zero-order valence-electron chi connectivity index (χ0n) is 10.9. The van der Waals surface area contributed by atoms with Gasteiger partial charge in [0.1, 0.15) is 0 Å². The standard InChI is InChI=1S/C14H20ClNO/c1-14(2,3)12(9-13(17)16-4)10-6-5-7-11(15)8-10/h5-8,12H,9H2,1-4H3,(H,16,17). The first-order chi connectivity index (χ1) is 7.84. The second kappa shape index (κ2) is 5.54. The molecule has 1 amide bonds. The van der Waals surface area contributed by atoms with Crippen molar-refractivity contribution in [3.63, 3.8) is 0 Å². The molecule has 1 unspecified atom stereocenters. The van der Waals surface area contributed by atoms with Crippen LogP contribution in [0, 0.1) is 5.41 Å². The van der Waals surface area contributed by atoms with E-state index in [1.54, 1.807) is 7.05 Å². The summed E-state index contributed by atoms with van der Waals surface area (Å²) in [5.74, 6) is 0.228. The molecule has 0 saturated heterocycles. The third kappa shape index (κ3) is 4.04. The first-order valence-electron chi connectivity index (χ1n) is 5.80. The summed E-state index contributed by atoms with van der Waals surface area (Å²) in [7, 11) is 1.67. The molecule has 0 aromatic heterocycles. The van der Waals surface area contributed by atoms with E-state index in [4.69, 9.17) is 11.6 Å². The van der Waals surface area contributed by atoms with Gasteiger partial charge in [0.05, 0.1) is 0 Å². The number of hydrogen-bond acceptors (Lipinski definition) is 1. The summed E-state index contributed by atoms with van der Waals surface area (Å²) < 4.78 is 0. The number of benzene rings is 1. The van der Waals surface area contributed by atoms with Crippen molar-refractivity contribution in [1.29, 1.82) is 0 Å². The van der Waals surface area contributed by atoms with Crippen molar-refractivity contribution in [2.24, 2.45) is 5.41 Å². The summed E-state index contributed by atoms with van der Waals surface area (Å²) >= 11 is 6.01. The molecule has 0 bridgehead atoms. The van der Waals surface area contributed by atoms with Crippen LogP contribution < -0.4 is 5.32 Å². The van der Waals surface area contributed by atoms with Crippen LogP contribution in [0.15, 0.2) is 24.3 Å². The SMILES string of the molecule is CNC(=O)CC(c1cccc(Cl)c1)C(C)(C)C. The molecule has 3 heteroatoms. The minimum Gasteiger partial charge on any atom is -0.359 e. The number of carbonyl (C=O) groups excluding carboxylic acids is 1. The van der Waals surface area contributed by atoms with Crippen LogP contribution in [0.5, 0.6) is 0 Å². The molecule has 0 aliphatic rings. The van der Waals surface area contributed by atoms with Crippen LogP contribution in [-0.2, 0) is 4.79 Å². The van der Waals surface area contributed by atoms with Crippen molar-refractivity contribution >= 4 is 17.5 Å². The van der Waals surface area contributed by atoms with Gasteiger partial charge >= 0.3 is 0 Å². The number of rotatable bonds is 3. The summed E-state index contributed by atoms with van der Waals surface area (Å²) in [6.45, 7) is 6.42. The van der Waals surface area contributed by atoms with Gasteiger partial charge in [-0.2, -0.15) is 0 Å². The van der Waals surface area contributed by atoms with Crippen molar-refractivity contribution in [2.75, 3.05) is 7.05 Å². The van der Waals surface area contributed by atoms with Crippen molar-refractivity contribution in [3.8, 4) is 0 Å². The quantitative estimate of drug-likeness (QED) is 0.876. The van der Waals surface area contributed by atoms with E-state index in [0.29, 0.717) is 11.4 Å². The Morgan fingerprint density at radius 1 is 1.41 bits per heavy atom. The number of hydrogen-bond donors (Lipinski definition) is 1. The molecule has 0 spiro atoms. The fourth-order valence-corrected chi connectivity index (χ4v) is 2.13. The van der Waals surface area contributed by atoms with Crippen LogP contribution >= 0.6 is 11.6 Å². The molecule has 1 rings (SSSR count). The van der Waals surface area contributed by atoms with Crippen LogP contribution in [0.2, 0.25) is 5.02 Å². The van der Waals surface area contributed by atoms with E-state index in [9.17, 15) is 4.79 Å². The van der Waals surface area contributed by atoms with Gasteiger partial charge in [-0.15, -0.1) is 0 Å². The largest absolute Gasteiger partial charge is 0.359 e. The molecule has 1 atom stereocenters. The summed E-state index contributed by atoms with van der Waals surface area (Å²) in [4.78, 5) is 11.6. The Bertz CT molecular complexity index is 395. The van der Waals surface area contributed by atoms with E-state index < -0.39 is 0 Å². The predicted molar refractivity (Wildman–Crippen MR) is 72.3 cm³/mol. The van der Waals surface area contributed by atoms with Gasteiger partial charge < -0.3 is 5.32 Å². The molecule has 0 fully saturated rings. The lowest BCUT2D eigenvalue weighted by atomic mass is 9.74. The van der Waals surface area contributed by atoms with Crippen LogP contribution in [0.3, 0.4) is 0 Å². The molecular formula is C14H20ClNO. The Labute approximate surface area is 108 Å². The first-order valence-corrected chi connectivity index (χ1v) is 6.18. The van der Waals surface area contributed by atoms with Gasteiger partial charge in [-0.05, 0) is 29.0 Å². The monoisotopic (exact) mass is 253 g/mol. The Morgan fingerprint density at radius 2 is 2.06 bits per heavy atom. The summed E-state index contributed by atoms with van der Waals surface area (Å²) in [6, 6.07) is 7.76. The highest BCUT2D eigenvalue weighted by Gasteiger charge is 2.28. The lowest BCUT2D eigenvalue weighted by molar-refractivity contribution is -0.121. The molecule has 0 aliphatic heterocycles. The third-order valence-electron chi connectivity index (χ3n) is 2.96. The first kappa shape index (κ1) is 14.0. The summed E-state index contributed by atoms with van der Waals surface area (Å²) in [6.07, 6.45) is 0.486. The van der Waals surface area contributed by atoms with Gasteiger partial charge in [-0.3, -0.25) is 4.79 Å². The van der Waals surface area contributed by atoms with Gasteiger partial charge in [0, 0.05) is 18.5 Å². The molecule has 0 aliphatic carbocycles. The number of amides is 1. The van der Waals surface area contributed by atoms with Gasteiger partial charge in [0.25, 0.3) is 0 Å².